The van der Waals surface area contributed by atoms with Crippen molar-refractivity contribution in [2.24, 2.45) is 0 Å². The third-order valence-electron chi connectivity index (χ3n) is 5.17. The summed E-state index contributed by atoms with van der Waals surface area (Å²) < 4.78 is 14.9. The number of hydrogen-bond acceptors (Lipinski definition) is 8. The molecule has 0 spiro atoms. The van der Waals surface area contributed by atoms with Crippen LogP contribution < -0.4 is 10.2 Å². The number of nitro groups is 1. The molecule has 0 aliphatic carbocycles. The predicted octanol–water partition coefficient (Wildman–Crippen LogP) is 4.88. The van der Waals surface area contributed by atoms with Crippen molar-refractivity contribution in [1.29, 1.82) is 0 Å². The number of nitro benzene ring substituents is 1. The molecule has 174 valence electrons. The number of aromatic nitrogens is 1. The number of carbonyl (C=O) groups is 3. The first-order valence-electron chi connectivity index (χ1n) is 10.1. The number of thiazole rings is 1. The zero-order valence-electron chi connectivity index (χ0n) is 17.6. The van der Waals surface area contributed by atoms with Crippen LogP contribution in [-0.4, -0.2) is 33.4 Å². The van der Waals surface area contributed by atoms with Gasteiger partial charge in [-0.05, 0) is 36.4 Å². The lowest BCUT2D eigenvalue weighted by Crippen LogP contribution is -2.29. The van der Waals surface area contributed by atoms with Gasteiger partial charge in [0.05, 0.1) is 37.8 Å². The fourth-order valence-corrected chi connectivity index (χ4v) is 5.52. The Balaban J connectivity index is 1.35. The molecule has 0 saturated heterocycles. The Kier molecular flexibility index (Phi) is 5.75. The SMILES string of the molecule is O=C(CSc1nc2ccc(N3C(=O)c4cccc([N+](=O)[O-])c4C3=O)cc2s1)Nc1ccccc1F. The standard InChI is InChI=1S/C23H13FN4O5S2/c24-14-5-1-2-6-15(14)25-19(29)11-34-23-26-16-9-8-12(10-18(16)35-23)27-21(30)13-4-3-7-17(28(32)33)20(13)22(27)31/h1-10H,11H2,(H,25,29). The van der Waals surface area contributed by atoms with Gasteiger partial charge in [-0.3, -0.25) is 24.5 Å². The third kappa shape index (κ3) is 4.13. The van der Waals surface area contributed by atoms with Crippen LogP contribution in [-0.2, 0) is 4.79 Å². The molecule has 1 aliphatic rings. The first-order chi connectivity index (χ1) is 16.8. The second kappa shape index (κ2) is 8.89. The second-order valence-corrected chi connectivity index (χ2v) is 9.60. The molecule has 0 fully saturated rings. The van der Waals surface area contributed by atoms with E-state index in [4.69, 9.17) is 0 Å². The van der Waals surface area contributed by atoms with Crippen LogP contribution in [0.3, 0.4) is 0 Å². The molecule has 1 aromatic heterocycles. The van der Waals surface area contributed by atoms with Crippen LogP contribution >= 0.6 is 23.1 Å². The highest BCUT2D eigenvalue weighted by molar-refractivity contribution is 8.01. The Morgan fingerprint density at radius 1 is 1.11 bits per heavy atom. The van der Waals surface area contributed by atoms with Gasteiger partial charge >= 0.3 is 0 Å². The molecule has 0 unspecified atom stereocenters. The van der Waals surface area contributed by atoms with Crippen LogP contribution in [0.4, 0.5) is 21.5 Å². The Bertz CT molecular complexity index is 1550. The second-order valence-electron chi connectivity index (χ2n) is 7.35. The minimum absolute atomic E-state index is 0.00306. The molecule has 3 amide bonds. The van der Waals surface area contributed by atoms with E-state index in [1.165, 1.54) is 53.8 Å². The first kappa shape index (κ1) is 22.6. The summed E-state index contributed by atoms with van der Waals surface area (Å²) in [6, 6.07) is 14.6. The van der Waals surface area contributed by atoms with Crippen molar-refractivity contribution >= 4 is 68.1 Å². The van der Waals surface area contributed by atoms with Gasteiger partial charge in [-0.15, -0.1) is 11.3 Å². The number of carbonyl (C=O) groups excluding carboxylic acids is 3. The number of hydrogen-bond donors (Lipinski definition) is 1. The summed E-state index contributed by atoms with van der Waals surface area (Å²) >= 11 is 2.42. The Hall–Kier alpha value is -4.16. The van der Waals surface area contributed by atoms with Crippen molar-refractivity contribution in [3.8, 4) is 0 Å². The number of nitrogens with zero attached hydrogens (tertiary/aromatic N) is 3. The van der Waals surface area contributed by atoms with Crippen molar-refractivity contribution in [3.05, 3.63) is 87.7 Å². The largest absolute Gasteiger partial charge is 0.323 e. The minimum Gasteiger partial charge on any atom is -0.323 e. The van der Waals surface area contributed by atoms with Crippen molar-refractivity contribution in [3.63, 3.8) is 0 Å². The van der Waals surface area contributed by atoms with Gasteiger partial charge in [0.2, 0.25) is 5.91 Å². The molecule has 4 aromatic rings. The lowest BCUT2D eigenvalue weighted by atomic mass is 10.1. The average Bonchev–Trinajstić information content (AvgIpc) is 3.36. The quantitative estimate of drug-likeness (QED) is 0.171. The molecular weight excluding hydrogens is 495 g/mol. The maximum atomic E-state index is 13.7. The smallest absolute Gasteiger partial charge is 0.283 e. The van der Waals surface area contributed by atoms with Crippen molar-refractivity contribution in [2.45, 2.75) is 4.34 Å². The topological polar surface area (TPSA) is 123 Å². The fraction of sp³-hybridized carbons (Fsp3) is 0.0435. The maximum absolute atomic E-state index is 13.7. The molecule has 9 nitrogen and oxygen atoms in total. The van der Waals surface area contributed by atoms with Crippen molar-refractivity contribution in [1.82, 2.24) is 4.98 Å². The maximum Gasteiger partial charge on any atom is 0.283 e. The number of halogens is 1. The molecule has 3 aromatic carbocycles. The number of fused-ring (bicyclic) bond motifs is 2. The molecule has 1 aliphatic heterocycles. The lowest BCUT2D eigenvalue weighted by Gasteiger charge is -2.13. The molecule has 0 saturated carbocycles. The summed E-state index contributed by atoms with van der Waals surface area (Å²) in [6.07, 6.45) is 0. The van der Waals surface area contributed by atoms with Gasteiger partial charge in [0.1, 0.15) is 11.4 Å². The van der Waals surface area contributed by atoms with Gasteiger partial charge in [-0.2, -0.15) is 0 Å². The van der Waals surface area contributed by atoms with Gasteiger partial charge in [0.25, 0.3) is 17.5 Å². The number of benzene rings is 3. The highest BCUT2D eigenvalue weighted by atomic mass is 32.2. The molecule has 0 atom stereocenters. The van der Waals surface area contributed by atoms with Gasteiger partial charge in [-0.1, -0.05) is 30.0 Å². The van der Waals surface area contributed by atoms with Gasteiger partial charge in [0, 0.05) is 6.07 Å². The molecule has 0 radical (unpaired) electrons. The Morgan fingerprint density at radius 3 is 2.69 bits per heavy atom. The molecule has 5 rings (SSSR count). The molecule has 0 bridgehead atoms. The number of nitrogens with one attached hydrogen (secondary N) is 1. The number of anilines is 2. The van der Waals surface area contributed by atoms with Crippen LogP contribution in [0, 0.1) is 15.9 Å². The van der Waals surface area contributed by atoms with E-state index in [0.29, 0.717) is 14.6 Å². The summed E-state index contributed by atoms with van der Waals surface area (Å²) in [4.78, 5) is 54.0. The number of amides is 3. The molecule has 35 heavy (non-hydrogen) atoms. The summed E-state index contributed by atoms with van der Waals surface area (Å²) in [5.74, 6) is -2.33. The van der Waals surface area contributed by atoms with E-state index < -0.39 is 34.1 Å². The summed E-state index contributed by atoms with van der Waals surface area (Å²) in [5, 5.41) is 13.8. The van der Waals surface area contributed by atoms with Crippen molar-refractivity contribution in [2.75, 3.05) is 16.0 Å². The number of rotatable bonds is 6. The van der Waals surface area contributed by atoms with E-state index in [-0.39, 0.29) is 28.3 Å². The normalized spacial score (nSPS) is 12.8. The van der Waals surface area contributed by atoms with Gasteiger partial charge in [0.15, 0.2) is 4.34 Å². The van der Waals surface area contributed by atoms with Gasteiger partial charge < -0.3 is 5.32 Å². The van der Waals surface area contributed by atoms with Crippen LogP contribution in [0.5, 0.6) is 0 Å². The van der Waals surface area contributed by atoms with Crippen LogP contribution in [0.1, 0.15) is 20.7 Å². The zero-order valence-corrected chi connectivity index (χ0v) is 19.2. The number of thioether (sulfide) groups is 1. The minimum atomic E-state index is -0.763. The van der Waals surface area contributed by atoms with E-state index in [2.05, 4.69) is 10.3 Å². The third-order valence-corrected chi connectivity index (χ3v) is 7.34. The summed E-state index contributed by atoms with van der Waals surface area (Å²) in [6.45, 7) is 0. The fourth-order valence-electron chi connectivity index (χ4n) is 3.62. The van der Waals surface area contributed by atoms with E-state index in [9.17, 15) is 28.9 Å². The molecule has 12 heteroatoms. The van der Waals surface area contributed by atoms with Crippen LogP contribution in [0.2, 0.25) is 0 Å². The highest BCUT2D eigenvalue weighted by Gasteiger charge is 2.41. The Morgan fingerprint density at radius 2 is 1.91 bits per heavy atom. The van der Waals surface area contributed by atoms with Crippen LogP contribution in [0.15, 0.2) is 65.0 Å². The molecule has 1 N–H and O–H groups in total. The van der Waals surface area contributed by atoms with E-state index in [1.54, 1.807) is 18.2 Å². The number of imide groups is 1. The molecular formula is C23H13FN4O5S2. The average molecular weight is 509 g/mol. The first-order valence-corrected chi connectivity index (χ1v) is 11.9. The van der Waals surface area contributed by atoms with E-state index >= 15 is 0 Å². The predicted molar refractivity (Wildman–Crippen MR) is 130 cm³/mol. The highest BCUT2D eigenvalue weighted by Crippen LogP contribution is 2.37. The van der Waals surface area contributed by atoms with Crippen molar-refractivity contribution < 1.29 is 23.7 Å². The molecule has 2 heterocycles. The lowest BCUT2D eigenvalue weighted by molar-refractivity contribution is -0.385. The zero-order chi connectivity index (χ0) is 24.7. The summed E-state index contributed by atoms with van der Waals surface area (Å²) in [5.41, 5.74) is 0.270. The van der Waals surface area contributed by atoms with E-state index in [0.717, 1.165) is 16.7 Å². The van der Waals surface area contributed by atoms with Gasteiger partial charge in [-0.25, -0.2) is 14.3 Å². The van der Waals surface area contributed by atoms with Crippen LogP contribution in [0.25, 0.3) is 10.2 Å². The number of para-hydroxylation sites is 1. The monoisotopic (exact) mass is 508 g/mol. The summed E-state index contributed by atoms with van der Waals surface area (Å²) in [7, 11) is 0. The van der Waals surface area contributed by atoms with E-state index in [1.807, 2.05) is 0 Å². The Labute approximate surface area is 204 Å².